The standard InChI is InChI=1S/C26H36N4O2/c1-6-14-28-15-13-22-20(17-28)21(27-30(22)23-9-7-8-10-24(23)32-5)18-29(19-11-12-19)25(31)16-26(2,3)4/h6-10,19H,1,11-18H2,2-5H3. The number of carbonyl (C=O) groups is 1. The van der Waals surface area contributed by atoms with Crippen LogP contribution >= 0.6 is 0 Å². The number of amides is 1. The Labute approximate surface area is 191 Å². The van der Waals surface area contributed by atoms with Crippen molar-refractivity contribution in [3.8, 4) is 11.4 Å². The largest absolute Gasteiger partial charge is 0.494 e. The second-order valence-corrected chi connectivity index (χ2v) is 10.2. The fourth-order valence-electron chi connectivity index (χ4n) is 4.53. The maximum absolute atomic E-state index is 13.2. The maximum Gasteiger partial charge on any atom is 0.223 e. The quantitative estimate of drug-likeness (QED) is 0.577. The summed E-state index contributed by atoms with van der Waals surface area (Å²) in [6.07, 6.45) is 5.61. The first-order valence-corrected chi connectivity index (χ1v) is 11.7. The SMILES string of the molecule is C=CCN1CCc2c(c(CN(C(=O)CC(C)(C)C)C3CC3)nn2-c2ccccc2OC)C1. The average Bonchev–Trinajstić information content (AvgIpc) is 3.53. The number of hydrogen-bond donors (Lipinski definition) is 0. The summed E-state index contributed by atoms with van der Waals surface area (Å²) < 4.78 is 7.68. The van der Waals surface area contributed by atoms with Crippen molar-refractivity contribution in [3.63, 3.8) is 0 Å². The summed E-state index contributed by atoms with van der Waals surface area (Å²) in [5.41, 5.74) is 4.41. The van der Waals surface area contributed by atoms with E-state index < -0.39 is 0 Å². The molecule has 1 aromatic heterocycles. The molecule has 1 aliphatic carbocycles. The molecule has 2 aromatic rings. The van der Waals surface area contributed by atoms with E-state index in [1.807, 2.05) is 29.0 Å². The Morgan fingerprint density at radius 3 is 2.72 bits per heavy atom. The van der Waals surface area contributed by atoms with Crippen LogP contribution in [0, 0.1) is 5.41 Å². The van der Waals surface area contributed by atoms with E-state index in [1.165, 1.54) is 11.3 Å². The number of carbonyl (C=O) groups excluding carboxylic acids is 1. The lowest BCUT2D eigenvalue weighted by molar-refractivity contribution is -0.134. The maximum atomic E-state index is 13.2. The van der Waals surface area contributed by atoms with Crippen LogP contribution in [-0.4, -0.2) is 51.7 Å². The Morgan fingerprint density at radius 1 is 1.31 bits per heavy atom. The predicted molar refractivity (Wildman–Crippen MR) is 127 cm³/mol. The second-order valence-electron chi connectivity index (χ2n) is 10.2. The smallest absolute Gasteiger partial charge is 0.223 e. The number of aromatic nitrogens is 2. The van der Waals surface area contributed by atoms with E-state index in [0.29, 0.717) is 19.0 Å². The van der Waals surface area contributed by atoms with Crippen molar-refractivity contribution in [3.05, 3.63) is 53.9 Å². The Bertz CT molecular complexity index is 984. The number of hydrogen-bond acceptors (Lipinski definition) is 4. The first-order chi connectivity index (χ1) is 15.3. The molecule has 0 bridgehead atoms. The molecule has 6 heteroatoms. The highest BCUT2D eigenvalue weighted by atomic mass is 16.5. The molecule has 1 fully saturated rings. The van der Waals surface area contributed by atoms with Gasteiger partial charge in [0.25, 0.3) is 0 Å². The number of fused-ring (bicyclic) bond motifs is 1. The molecule has 4 rings (SSSR count). The second kappa shape index (κ2) is 9.10. The predicted octanol–water partition coefficient (Wildman–Crippen LogP) is 4.35. The molecule has 1 saturated carbocycles. The van der Waals surface area contributed by atoms with Crippen LogP contribution in [0.3, 0.4) is 0 Å². The molecule has 6 nitrogen and oxygen atoms in total. The molecule has 0 saturated heterocycles. The van der Waals surface area contributed by atoms with Gasteiger partial charge in [-0.2, -0.15) is 5.10 Å². The fraction of sp³-hybridized carbons (Fsp3) is 0.538. The van der Waals surface area contributed by atoms with Gasteiger partial charge in [0, 0.05) is 44.1 Å². The molecule has 172 valence electrons. The lowest BCUT2D eigenvalue weighted by Crippen LogP contribution is -2.36. The average molecular weight is 437 g/mol. The lowest BCUT2D eigenvalue weighted by atomic mass is 9.91. The van der Waals surface area contributed by atoms with Crippen LogP contribution in [0.25, 0.3) is 5.69 Å². The molecule has 2 heterocycles. The van der Waals surface area contributed by atoms with Gasteiger partial charge in [0.15, 0.2) is 0 Å². The summed E-state index contributed by atoms with van der Waals surface area (Å²) in [6, 6.07) is 8.37. The monoisotopic (exact) mass is 436 g/mol. The van der Waals surface area contributed by atoms with Crippen LogP contribution in [0.1, 0.15) is 57.0 Å². The molecule has 0 N–H and O–H groups in total. The molecule has 1 aromatic carbocycles. The highest BCUT2D eigenvalue weighted by molar-refractivity contribution is 5.77. The van der Waals surface area contributed by atoms with Crippen molar-refractivity contribution in [2.45, 2.75) is 65.6 Å². The van der Waals surface area contributed by atoms with E-state index in [9.17, 15) is 4.79 Å². The zero-order valence-electron chi connectivity index (χ0n) is 19.9. The third kappa shape index (κ3) is 4.90. The summed E-state index contributed by atoms with van der Waals surface area (Å²) >= 11 is 0. The third-order valence-corrected chi connectivity index (χ3v) is 6.23. The van der Waals surface area contributed by atoms with Gasteiger partial charge < -0.3 is 9.64 Å². The highest BCUT2D eigenvalue weighted by Gasteiger charge is 2.36. The molecular weight excluding hydrogens is 400 g/mol. The minimum Gasteiger partial charge on any atom is -0.494 e. The summed E-state index contributed by atoms with van der Waals surface area (Å²) in [4.78, 5) is 17.7. The van der Waals surface area contributed by atoms with Gasteiger partial charge in [0.2, 0.25) is 5.91 Å². The Balaban J connectivity index is 1.72. The molecule has 32 heavy (non-hydrogen) atoms. The molecule has 0 spiro atoms. The van der Waals surface area contributed by atoms with Gasteiger partial charge in [0.1, 0.15) is 11.4 Å². The van der Waals surface area contributed by atoms with E-state index in [-0.39, 0.29) is 11.3 Å². The van der Waals surface area contributed by atoms with Gasteiger partial charge in [-0.25, -0.2) is 4.68 Å². The molecule has 0 radical (unpaired) electrons. The van der Waals surface area contributed by atoms with Gasteiger partial charge in [-0.15, -0.1) is 6.58 Å². The summed E-state index contributed by atoms with van der Waals surface area (Å²) in [5.74, 6) is 1.04. The molecule has 0 atom stereocenters. The number of ether oxygens (including phenoxy) is 1. The van der Waals surface area contributed by atoms with Crippen LogP contribution in [0.2, 0.25) is 0 Å². The van der Waals surface area contributed by atoms with Crippen LogP contribution in [0.5, 0.6) is 5.75 Å². The summed E-state index contributed by atoms with van der Waals surface area (Å²) in [5, 5.41) is 5.08. The molecule has 1 amide bonds. The Hall–Kier alpha value is -2.60. The molecule has 2 aliphatic rings. The molecular formula is C26H36N4O2. The number of benzene rings is 1. The zero-order valence-corrected chi connectivity index (χ0v) is 19.9. The van der Waals surface area contributed by atoms with Gasteiger partial charge in [-0.05, 0) is 30.4 Å². The van der Waals surface area contributed by atoms with E-state index >= 15 is 0 Å². The number of nitrogens with zero attached hydrogens (tertiary/aromatic N) is 4. The van der Waals surface area contributed by atoms with Crippen molar-refractivity contribution in [1.82, 2.24) is 19.6 Å². The van der Waals surface area contributed by atoms with Crippen molar-refractivity contribution in [2.75, 3.05) is 20.2 Å². The van der Waals surface area contributed by atoms with E-state index in [0.717, 1.165) is 56.0 Å². The lowest BCUT2D eigenvalue weighted by Gasteiger charge is -2.29. The summed E-state index contributed by atoms with van der Waals surface area (Å²) in [7, 11) is 1.70. The first kappa shape index (κ1) is 22.6. The number of rotatable bonds is 8. The van der Waals surface area contributed by atoms with Crippen LogP contribution in [0.15, 0.2) is 36.9 Å². The van der Waals surface area contributed by atoms with Crippen LogP contribution in [-0.2, 0) is 24.3 Å². The normalized spacial score (nSPS) is 16.5. The van der Waals surface area contributed by atoms with E-state index in [4.69, 9.17) is 9.84 Å². The van der Waals surface area contributed by atoms with Crippen LogP contribution < -0.4 is 4.74 Å². The van der Waals surface area contributed by atoms with Crippen molar-refractivity contribution >= 4 is 5.91 Å². The van der Waals surface area contributed by atoms with Gasteiger partial charge >= 0.3 is 0 Å². The van der Waals surface area contributed by atoms with E-state index in [1.54, 1.807) is 7.11 Å². The van der Waals surface area contributed by atoms with Crippen molar-refractivity contribution in [1.29, 1.82) is 0 Å². The van der Waals surface area contributed by atoms with Gasteiger partial charge in [-0.3, -0.25) is 9.69 Å². The minimum absolute atomic E-state index is 0.0266. The first-order valence-electron chi connectivity index (χ1n) is 11.7. The minimum atomic E-state index is -0.0266. The van der Waals surface area contributed by atoms with Gasteiger partial charge in [-0.1, -0.05) is 39.0 Å². The number of para-hydroxylation sites is 2. The fourth-order valence-corrected chi connectivity index (χ4v) is 4.53. The van der Waals surface area contributed by atoms with E-state index in [2.05, 4.69) is 43.2 Å². The number of methoxy groups -OCH3 is 1. The van der Waals surface area contributed by atoms with Crippen LogP contribution in [0.4, 0.5) is 0 Å². The molecule has 1 aliphatic heterocycles. The van der Waals surface area contributed by atoms with Gasteiger partial charge in [0.05, 0.1) is 25.0 Å². The van der Waals surface area contributed by atoms with Crippen molar-refractivity contribution in [2.24, 2.45) is 5.41 Å². The Morgan fingerprint density at radius 2 is 2.06 bits per heavy atom. The Kier molecular flexibility index (Phi) is 6.42. The zero-order chi connectivity index (χ0) is 22.9. The van der Waals surface area contributed by atoms with Crippen molar-refractivity contribution < 1.29 is 9.53 Å². The topological polar surface area (TPSA) is 50.6 Å². The summed E-state index contributed by atoms with van der Waals surface area (Å²) in [6.45, 7) is 13.5. The third-order valence-electron chi connectivity index (χ3n) is 6.23. The molecule has 0 unspecified atom stereocenters. The highest BCUT2D eigenvalue weighted by Crippen LogP contribution is 2.34.